The maximum absolute atomic E-state index is 12.8. The molecule has 1 saturated heterocycles. The van der Waals surface area contributed by atoms with E-state index in [1.807, 2.05) is 32.2 Å². The summed E-state index contributed by atoms with van der Waals surface area (Å²) < 4.78 is 5.45. The van der Waals surface area contributed by atoms with Crippen molar-refractivity contribution in [1.82, 2.24) is 10.2 Å². The van der Waals surface area contributed by atoms with Gasteiger partial charge in [-0.1, -0.05) is 32.9 Å². The number of amides is 1. The van der Waals surface area contributed by atoms with E-state index in [4.69, 9.17) is 4.74 Å². The number of carbonyl (C=O) groups excluding carboxylic acids is 1. The van der Waals surface area contributed by atoms with Gasteiger partial charge in [-0.2, -0.15) is 0 Å². The van der Waals surface area contributed by atoms with Crippen molar-refractivity contribution in [1.29, 1.82) is 0 Å². The highest BCUT2D eigenvalue weighted by molar-refractivity contribution is 7.10. The third-order valence-corrected chi connectivity index (χ3v) is 6.05. The molecule has 1 fully saturated rings. The van der Waals surface area contributed by atoms with Gasteiger partial charge in [0.15, 0.2) is 0 Å². The van der Waals surface area contributed by atoms with Crippen LogP contribution >= 0.6 is 11.3 Å². The van der Waals surface area contributed by atoms with Gasteiger partial charge in [-0.25, -0.2) is 0 Å². The zero-order valence-electron chi connectivity index (χ0n) is 17.0. The second-order valence-electron chi connectivity index (χ2n) is 8.13. The predicted octanol–water partition coefficient (Wildman–Crippen LogP) is 3.76. The van der Waals surface area contributed by atoms with E-state index in [1.54, 1.807) is 23.5 Å². The van der Waals surface area contributed by atoms with E-state index in [9.17, 15) is 14.9 Å². The summed E-state index contributed by atoms with van der Waals surface area (Å²) in [6, 6.07) is 8.87. The number of morpholine rings is 1. The third kappa shape index (κ3) is 5.20. The lowest BCUT2D eigenvalue weighted by Gasteiger charge is -2.34. The summed E-state index contributed by atoms with van der Waals surface area (Å²) in [5.74, 6) is -0.302. The molecule has 1 aliphatic rings. The van der Waals surface area contributed by atoms with Crippen LogP contribution in [0.3, 0.4) is 0 Å². The molecule has 0 saturated carbocycles. The van der Waals surface area contributed by atoms with E-state index in [0.29, 0.717) is 30.9 Å². The lowest BCUT2D eigenvalue weighted by Crippen LogP contribution is -2.43. The van der Waals surface area contributed by atoms with Crippen LogP contribution in [0.25, 0.3) is 0 Å². The number of thiophene rings is 1. The number of hydrogen-bond acceptors (Lipinski definition) is 6. The van der Waals surface area contributed by atoms with E-state index >= 15 is 0 Å². The fourth-order valence-electron chi connectivity index (χ4n) is 3.53. The van der Waals surface area contributed by atoms with Gasteiger partial charge in [0, 0.05) is 41.7 Å². The molecule has 7 nitrogen and oxygen atoms in total. The summed E-state index contributed by atoms with van der Waals surface area (Å²) in [7, 11) is 0. The molecule has 1 N–H and O–H groups in total. The fraction of sp³-hybridized carbons (Fsp3) is 0.476. The minimum Gasteiger partial charge on any atom is -0.379 e. The highest BCUT2D eigenvalue weighted by Crippen LogP contribution is 2.32. The maximum atomic E-state index is 12.8. The Balaban J connectivity index is 1.76. The number of hydrogen-bond donors (Lipinski definition) is 1. The number of carbonyl (C=O) groups is 1. The Hall–Kier alpha value is -2.29. The first-order chi connectivity index (χ1) is 13.8. The normalized spacial score (nSPS) is 16.4. The highest BCUT2D eigenvalue weighted by atomic mass is 32.1. The summed E-state index contributed by atoms with van der Waals surface area (Å²) in [5.41, 5.74) is 0.520. The van der Waals surface area contributed by atoms with E-state index in [2.05, 4.69) is 16.3 Å². The molecule has 29 heavy (non-hydrogen) atoms. The molecule has 1 amide bonds. The van der Waals surface area contributed by atoms with Crippen LogP contribution in [0.2, 0.25) is 0 Å². The molecular formula is C21H27N3O4S. The standard InChI is InChI=1S/C21H27N3O4S/c1-21(2,3)16-7-6-15(13-17(16)24(26)27)20(25)22-14-18(19-5-4-12-29-19)23-8-10-28-11-9-23/h4-7,12-13,18H,8-11,14H2,1-3H3,(H,22,25)/t18-/m0/s1. The lowest BCUT2D eigenvalue weighted by atomic mass is 9.85. The summed E-state index contributed by atoms with van der Waals surface area (Å²) >= 11 is 1.66. The summed E-state index contributed by atoms with van der Waals surface area (Å²) in [6.45, 7) is 9.17. The molecule has 0 bridgehead atoms. The van der Waals surface area contributed by atoms with Crippen molar-refractivity contribution in [3.05, 3.63) is 61.8 Å². The zero-order chi connectivity index (χ0) is 21.0. The fourth-order valence-corrected chi connectivity index (χ4v) is 4.39. The summed E-state index contributed by atoms with van der Waals surface area (Å²) in [6.07, 6.45) is 0. The Kier molecular flexibility index (Phi) is 6.66. The van der Waals surface area contributed by atoms with Crippen molar-refractivity contribution in [3.63, 3.8) is 0 Å². The van der Waals surface area contributed by atoms with Crippen molar-refractivity contribution in [2.75, 3.05) is 32.8 Å². The molecule has 1 aromatic carbocycles. The molecule has 0 radical (unpaired) electrons. The smallest absolute Gasteiger partial charge is 0.273 e. The molecule has 0 spiro atoms. The molecular weight excluding hydrogens is 390 g/mol. The minimum atomic E-state index is -0.417. The number of rotatable bonds is 6. The number of ether oxygens (including phenoxy) is 1. The second kappa shape index (κ2) is 9.02. The molecule has 1 aliphatic heterocycles. The van der Waals surface area contributed by atoms with Gasteiger partial charge in [0.25, 0.3) is 11.6 Å². The Morgan fingerprint density at radius 1 is 1.31 bits per heavy atom. The van der Waals surface area contributed by atoms with Crippen molar-refractivity contribution in [3.8, 4) is 0 Å². The minimum absolute atomic E-state index is 0.0202. The second-order valence-corrected chi connectivity index (χ2v) is 9.11. The van der Waals surface area contributed by atoms with Crippen LogP contribution < -0.4 is 5.32 Å². The SMILES string of the molecule is CC(C)(C)c1ccc(C(=O)NC[C@@H](c2cccs2)N2CCOCC2)cc1[N+](=O)[O-]. The van der Waals surface area contributed by atoms with Crippen LogP contribution in [-0.4, -0.2) is 48.6 Å². The molecule has 8 heteroatoms. The molecule has 1 aromatic heterocycles. The van der Waals surface area contributed by atoms with Gasteiger partial charge in [0.2, 0.25) is 0 Å². The number of nitrogens with one attached hydrogen (secondary N) is 1. The van der Waals surface area contributed by atoms with Gasteiger partial charge in [-0.05, 0) is 22.9 Å². The molecule has 0 unspecified atom stereocenters. The average Bonchev–Trinajstić information content (AvgIpc) is 3.22. The maximum Gasteiger partial charge on any atom is 0.273 e. The van der Waals surface area contributed by atoms with Crippen LogP contribution in [0.5, 0.6) is 0 Å². The first-order valence-electron chi connectivity index (χ1n) is 9.69. The summed E-state index contributed by atoms with van der Waals surface area (Å²) in [4.78, 5) is 27.4. The Morgan fingerprint density at radius 2 is 2.03 bits per heavy atom. The van der Waals surface area contributed by atoms with Gasteiger partial charge in [-0.15, -0.1) is 11.3 Å². The van der Waals surface area contributed by atoms with Crippen molar-refractivity contribution in [2.24, 2.45) is 0 Å². The molecule has 2 aromatic rings. The Labute approximate surface area is 174 Å². The predicted molar refractivity (Wildman–Crippen MR) is 114 cm³/mol. The van der Waals surface area contributed by atoms with Crippen molar-refractivity contribution < 1.29 is 14.5 Å². The number of nitro groups is 1. The largest absolute Gasteiger partial charge is 0.379 e. The number of nitrogens with zero attached hydrogens (tertiary/aromatic N) is 2. The van der Waals surface area contributed by atoms with Crippen molar-refractivity contribution in [2.45, 2.75) is 32.2 Å². The van der Waals surface area contributed by atoms with Crippen LogP contribution in [0.4, 0.5) is 5.69 Å². The molecule has 156 valence electrons. The Morgan fingerprint density at radius 3 is 2.62 bits per heavy atom. The van der Waals surface area contributed by atoms with Gasteiger partial charge in [0.1, 0.15) is 0 Å². The third-order valence-electron chi connectivity index (χ3n) is 5.08. The number of benzene rings is 1. The van der Waals surface area contributed by atoms with E-state index < -0.39 is 4.92 Å². The highest BCUT2D eigenvalue weighted by Gasteiger charge is 2.27. The molecule has 0 aliphatic carbocycles. The van der Waals surface area contributed by atoms with Crippen molar-refractivity contribution >= 4 is 22.9 Å². The van der Waals surface area contributed by atoms with Gasteiger partial charge in [-0.3, -0.25) is 19.8 Å². The van der Waals surface area contributed by atoms with E-state index in [-0.39, 0.29) is 23.1 Å². The first-order valence-corrected chi connectivity index (χ1v) is 10.6. The summed E-state index contributed by atoms with van der Waals surface area (Å²) in [5, 5.41) is 16.5. The quantitative estimate of drug-likeness (QED) is 0.571. The van der Waals surface area contributed by atoms with E-state index in [1.165, 1.54) is 10.9 Å². The molecule has 3 rings (SSSR count). The molecule has 1 atom stereocenters. The monoisotopic (exact) mass is 417 g/mol. The number of nitro benzene ring substituents is 1. The zero-order valence-corrected chi connectivity index (χ0v) is 17.8. The van der Waals surface area contributed by atoms with Crippen LogP contribution in [0.15, 0.2) is 35.7 Å². The van der Waals surface area contributed by atoms with E-state index in [0.717, 1.165) is 13.1 Å². The van der Waals surface area contributed by atoms with Crippen LogP contribution in [0, 0.1) is 10.1 Å². The van der Waals surface area contributed by atoms with Crippen LogP contribution in [0.1, 0.15) is 47.6 Å². The van der Waals surface area contributed by atoms with Crippen LogP contribution in [-0.2, 0) is 10.2 Å². The Bertz CT molecular complexity index is 855. The van der Waals surface area contributed by atoms with Gasteiger partial charge < -0.3 is 10.1 Å². The first kappa shape index (κ1) is 21.4. The average molecular weight is 418 g/mol. The molecule has 2 heterocycles. The van der Waals surface area contributed by atoms with Gasteiger partial charge in [0.05, 0.1) is 24.2 Å². The lowest BCUT2D eigenvalue weighted by molar-refractivity contribution is -0.386. The van der Waals surface area contributed by atoms with Gasteiger partial charge >= 0.3 is 0 Å². The topological polar surface area (TPSA) is 84.7 Å².